The van der Waals surface area contributed by atoms with Gasteiger partial charge in [0.05, 0.1) is 0 Å². The van der Waals surface area contributed by atoms with E-state index in [4.69, 9.17) is 0 Å². The summed E-state index contributed by atoms with van der Waals surface area (Å²) >= 11 is 0. The first-order valence-electron chi connectivity index (χ1n) is 17.1. The Morgan fingerprint density at radius 2 is 0.962 bits per heavy atom. The van der Waals surface area contributed by atoms with Crippen LogP contribution in [-0.2, 0) is 9.59 Å². The third-order valence-electron chi connectivity index (χ3n) is 9.61. The van der Waals surface area contributed by atoms with Crippen molar-refractivity contribution in [1.82, 2.24) is 19.8 Å². The van der Waals surface area contributed by atoms with Gasteiger partial charge >= 0.3 is 11.9 Å². The topological polar surface area (TPSA) is 181 Å². The molecule has 0 amide bonds. The molecule has 2 aliphatic heterocycles. The minimum atomic E-state index is -3.96. The summed E-state index contributed by atoms with van der Waals surface area (Å²) in [6.07, 6.45) is 12.8. The highest BCUT2D eigenvalue weighted by atomic mass is 16.5. The van der Waals surface area contributed by atoms with Crippen molar-refractivity contribution in [3.8, 4) is 0 Å². The summed E-state index contributed by atoms with van der Waals surface area (Å²) in [6, 6.07) is 19.9. The molecular formula is C40H46N4O8. The van der Waals surface area contributed by atoms with Gasteiger partial charge in [-0.3, -0.25) is 29.4 Å². The molecule has 4 aromatic rings. The highest BCUT2D eigenvalue weighted by molar-refractivity contribution is 6.28. The number of hydrogen-bond acceptors (Lipinski definition) is 10. The number of carboxylic acids is 2. The Kier molecular flexibility index (Phi) is 13.3. The van der Waals surface area contributed by atoms with Crippen molar-refractivity contribution in [2.75, 3.05) is 27.2 Å². The van der Waals surface area contributed by atoms with Crippen molar-refractivity contribution >= 4 is 23.5 Å². The molecule has 12 nitrogen and oxygen atoms in total. The van der Waals surface area contributed by atoms with Gasteiger partial charge in [0.25, 0.3) is 11.2 Å². The zero-order valence-corrected chi connectivity index (χ0v) is 29.8. The normalized spacial score (nSPS) is 19.5. The molecule has 274 valence electrons. The van der Waals surface area contributed by atoms with E-state index in [0.29, 0.717) is 23.2 Å². The van der Waals surface area contributed by atoms with E-state index in [0.717, 1.165) is 24.3 Å². The van der Waals surface area contributed by atoms with Gasteiger partial charge in [-0.1, -0.05) is 71.8 Å². The number of carboxylic acid groups (broad SMARTS) is 2. The van der Waals surface area contributed by atoms with Crippen LogP contribution < -0.4 is 0 Å². The Hall–Kier alpha value is -5.14. The fourth-order valence-electron chi connectivity index (χ4n) is 6.47. The van der Waals surface area contributed by atoms with Crippen LogP contribution in [0, 0.1) is 13.8 Å². The summed E-state index contributed by atoms with van der Waals surface area (Å²) in [5, 5.41) is 40.3. The molecule has 6 rings (SSSR count). The lowest BCUT2D eigenvalue weighted by Gasteiger charge is -2.34. The van der Waals surface area contributed by atoms with Gasteiger partial charge in [-0.2, -0.15) is 0 Å². The van der Waals surface area contributed by atoms with Gasteiger partial charge in [0.2, 0.25) is 11.6 Å². The molecule has 0 spiro atoms. The summed E-state index contributed by atoms with van der Waals surface area (Å²) in [7, 11) is 4.37. The maximum absolute atomic E-state index is 12.8. The van der Waals surface area contributed by atoms with Crippen molar-refractivity contribution in [2.45, 2.75) is 62.8 Å². The van der Waals surface area contributed by atoms with Gasteiger partial charge in [0, 0.05) is 48.0 Å². The molecule has 0 aliphatic carbocycles. The van der Waals surface area contributed by atoms with E-state index in [2.05, 4.69) is 46.0 Å². The van der Waals surface area contributed by atoms with Gasteiger partial charge < -0.3 is 20.4 Å². The highest BCUT2D eigenvalue weighted by Gasteiger charge is 2.69. The van der Waals surface area contributed by atoms with Crippen molar-refractivity contribution < 1.29 is 39.6 Å². The molecule has 0 bridgehead atoms. The number of likely N-dealkylation sites (tertiary alicyclic amines) is 2. The largest absolute Gasteiger partial charge is 0.479 e. The SMILES string of the molecule is CN1CCCC1c1cccnc1.CN1CCCC1c1cccnc1.Cc1ccc(C(=O)C(O)(C(=O)O)C(O)(C(=O)O)C(=O)c2ccc(C)cc2)cc1. The molecule has 4 heterocycles. The molecule has 2 fully saturated rings. The number of carbonyl (C=O) groups excluding carboxylic acids is 2. The second-order valence-corrected chi connectivity index (χ2v) is 13.3. The maximum atomic E-state index is 12.8. The number of rotatable bonds is 9. The number of hydrogen-bond donors (Lipinski definition) is 4. The van der Waals surface area contributed by atoms with Gasteiger partial charge in [0.15, 0.2) is 0 Å². The van der Waals surface area contributed by atoms with Crippen molar-refractivity contribution in [3.05, 3.63) is 131 Å². The van der Waals surface area contributed by atoms with Crippen LogP contribution in [0.15, 0.2) is 97.6 Å². The maximum Gasteiger partial charge on any atom is 0.348 e. The van der Waals surface area contributed by atoms with Gasteiger partial charge in [-0.15, -0.1) is 0 Å². The van der Waals surface area contributed by atoms with Gasteiger partial charge in [0.1, 0.15) is 0 Å². The van der Waals surface area contributed by atoms with E-state index in [1.165, 1.54) is 74.2 Å². The van der Waals surface area contributed by atoms with Crippen LogP contribution in [0.1, 0.15) is 80.7 Å². The van der Waals surface area contributed by atoms with Crippen LogP contribution in [-0.4, -0.2) is 102 Å². The Labute approximate surface area is 303 Å². The van der Waals surface area contributed by atoms with Crippen LogP contribution >= 0.6 is 0 Å². The zero-order valence-electron chi connectivity index (χ0n) is 29.8. The Morgan fingerprint density at radius 3 is 1.21 bits per heavy atom. The summed E-state index contributed by atoms with van der Waals surface area (Å²) in [5.74, 6) is -8.01. The molecule has 0 radical (unpaired) electrons. The molecule has 2 aromatic heterocycles. The molecule has 12 heteroatoms. The zero-order chi connectivity index (χ0) is 38.1. The monoisotopic (exact) mass is 710 g/mol. The van der Waals surface area contributed by atoms with Crippen molar-refractivity contribution in [1.29, 1.82) is 0 Å². The summed E-state index contributed by atoms with van der Waals surface area (Å²) in [6.45, 7) is 5.82. The smallest absolute Gasteiger partial charge is 0.348 e. The first-order valence-corrected chi connectivity index (χ1v) is 17.1. The van der Waals surface area contributed by atoms with Crippen LogP contribution in [0.5, 0.6) is 0 Å². The summed E-state index contributed by atoms with van der Waals surface area (Å²) in [4.78, 5) is 62.2. The quantitative estimate of drug-likeness (QED) is 0.139. The fourth-order valence-corrected chi connectivity index (χ4v) is 6.47. The molecule has 2 aliphatic rings. The number of aliphatic carboxylic acids is 2. The lowest BCUT2D eigenvalue weighted by Crippen LogP contribution is -2.71. The number of aryl methyl sites for hydroxylation is 2. The molecule has 4 unspecified atom stereocenters. The van der Waals surface area contributed by atoms with Crippen LogP contribution in [0.4, 0.5) is 0 Å². The molecule has 52 heavy (non-hydrogen) atoms. The molecule has 2 saturated heterocycles. The van der Waals surface area contributed by atoms with Gasteiger partial charge in [-0.25, -0.2) is 9.59 Å². The minimum Gasteiger partial charge on any atom is -0.479 e. The van der Waals surface area contributed by atoms with E-state index >= 15 is 0 Å². The lowest BCUT2D eigenvalue weighted by molar-refractivity contribution is -0.187. The number of pyridine rings is 2. The molecule has 0 saturated carbocycles. The Bertz CT molecular complexity index is 1690. The van der Waals surface area contributed by atoms with Crippen molar-refractivity contribution in [3.63, 3.8) is 0 Å². The van der Waals surface area contributed by atoms with E-state index in [-0.39, 0.29) is 11.1 Å². The van der Waals surface area contributed by atoms with E-state index < -0.39 is 34.7 Å². The second kappa shape index (κ2) is 17.4. The summed E-state index contributed by atoms with van der Waals surface area (Å²) < 4.78 is 0. The van der Waals surface area contributed by atoms with Crippen molar-refractivity contribution in [2.24, 2.45) is 0 Å². The number of nitrogens with zero attached hydrogens (tertiary/aromatic N) is 4. The van der Waals surface area contributed by atoms with Gasteiger partial charge in [-0.05, 0) is 90.0 Å². The first-order chi connectivity index (χ1) is 24.7. The standard InChI is InChI=1S/C20H18O8.2C10H14N2/c1-11-3-7-13(8-4-11)15(21)19(27,17(23)24)20(28,18(25)26)16(22)14-9-5-12(2)6-10-14;2*1-12-7-3-5-10(12)9-4-2-6-11-8-9/h3-10,27-28H,1-2H3,(H,23,24)(H,25,26);2*2,4,6,8,10H,3,5,7H2,1H3. The second-order valence-electron chi connectivity index (χ2n) is 13.3. The minimum absolute atomic E-state index is 0.383. The number of Topliss-reactive ketones (excluding diaryl/α,β-unsaturated/α-hetero) is 2. The third-order valence-corrected chi connectivity index (χ3v) is 9.61. The number of aliphatic hydroxyl groups is 2. The van der Waals surface area contributed by atoms with Crippen LogP contribution in [0.3, 0.4) is 0 Å². The van der Waals surface area contributed by atoms with E-state index in [9.17, 15) is 39.6 Å². The van der Waals surface area contributed by atoms with Crippen LogP contribution in [0.2, 0.25) is 0 Å². The van der Waals surface area contributed by atoms with Crippen LogP contribution in [0.25, 0.3) is 0 Å². The Morgan fingerprint density at radius 1 is 0.615 bits per heavy atom. The summed E-state index contributed by atoms with van der Waals surface area (Å²) in [5.41, 5.74) is -4.56. The predicted molar refractivity (Wildman–Crippen MR) is 194 cm³/mol. The molecular weight excluding hydrogens is 664 g/mol. The van der Waals surface area contributed by atoms with E-state index in [1.54, 1.807) is 13.8 Å². The third kappa shape index (κ3) is 8.65. The Balaban J connectivity index is 0.000000204. The predicted octanol–water partition coefficient (Wildman–Crippen LogP) is 4.70. The molecule has 2 aromatic carbocycles. The molecule has 4 N–H and O–H groups in total. The lowest BCUT2D eigenvalue weighted by atomic mass is 9.73. The first kappa shape index (κ1) is 39.6. The fraction of sp³-hybridized carbons (Fsp3) is 0.350. The average Bonchev–Trinajstić information content (AvgIpc) is 3.79. The number of aromatic nitrogens is 2. The number of carbonyl (C=O) groups is 4. The molecule has 4 atom stereocenters. The number of ketones is 2. The average molecular weight is 711 g/mol. The number of benzene rings is 2. The highest BCUT2D eigenvalue weighted by Crippen LogP contribution is 2.33. The van der Waals surface area contributed by atoms with E-state index in [1.807, 2.05) is 36.9 Å².